The monoisotopic (exact) mass is 291 g/mol. The van der Waals surface area contributed by atoms with Crippen LogP contribution in [-0.2, 0) is 9.63 Å². The Balaban J connectivity index is 2.25. The van der Waals surface area contributed by atoms with Crippen molar-refractivity contribution in [3.63, 3.8) is 0 Å². The van der Waals surface area contributed by atoms with Crippen molar-refractivity contribution in [3.05, 3.63) is 29.3 Å². The Labute approximate surface area is 114 Å². The number of hydrogen-bond acceptors (Lipinski definition) is 3. The summed E-state index contributed by atoms with van der Waals surface area (Å²) >= 11 is 0. The van der Waals surface area contributed by atoms with Gasteiger partial charge in [-0.1, -0.05) is 17.7 Å². The van der Waals surface area contributed by atoms with Crippen molar-refractivity contribution in [2.75, 3.05) is 13.2 Å². The summed E-state index contributed by atoms with van der Waals surface area (Å²) in [6.07, 6.45) is -4.56. The summed E-state index contributed by atoms with van der Waals surface area (Å²) in [5.74, 6) is -0.0291. The molecule has 112 valence electrons. The Kier molecular flexibility index (Phi) is 5.82. The number of rotatable bonds is 6. The molecule has 0 aliphatic rings. The number of hydrogen-bond donors (Lipinski definition) is 1. The molecule has 0 aromatic heterocycles. The van der Waals surface area contributed by atoms with Crippen molar-refractivity contribution in [2.45, 2.75) is 26.4 Å². The third-order valence-electron chi connectivity index (χ3n) is 2.34. The molecule has 0 heterocycles. The molecule has 1 amide bonds. The van der Waals surface area contributed by atoms with Gasteiger partial charge in [0.25, 0.3) is 0 Å². The van der Waals surface area contributed by atoms with Crippen LogP contribution >= 0.6 is 0 Å². The lowest BCUT2D eigenvalue weighted by molar-refractivity contribution is -0.191. The van der Waals surface area contributed by atoms with E-state index in [2.05, 4.69) is 4.84 Å². The Morgan fingerprint density at radius 2 is 2.00 bits per heavy atom. The van der Waals surface area contributed by atoms with Crippen molar-refractivity contribution in [1.82, 2.24) is 5.48 Å². The van der Waals surface area contributed by atoms with Gasteiger partial charge in [0.15, 0.2) is 6.61 Å². The maximum atomic E-state index is 11.8. The zero-order valence-electron chi connectivity index (χ0n) is 11.2. The van der Waals surface area contributed by atoms with Gasteiger partial charge in [0.05, 0.1) is 13.0 Å². The highest BCUT2D eigenvalue weighted by molar-refractivity contribution is 5.74. The molecular weight excluding hydrogens is 275 g/mol. The minimum atomic E-state index is -4.47. The Hall–Kier alpha value is -1.76. The van der Waals surface area contributed by atoms with E-state index in [0.29, 0.717) is 5.75 Å². The molecule has 0 aliphatic heterocycles. The number of nitrogens with one attached hydrogen (secondary N) is 1. The number of aryl methyl sites for hydroxylation is 2. The van der Waals surface area contributed by atoms with Gasteiger partial charge in [-0.2, -0.15) is 13.2 Å². The van der Waals surface area contributed by atoms with Gasteiger partial charge in [-0.3, -0.25) is 9.63 Å². The van der Waals surface area contributed by atoms with Gasteiger partial charge in [0.1, 0.15) is 5.75 Å². The van der Waals surface area contributed by atoms with Gasteiger partial charge in [0.2, 0.25) is 5.91 Å². The summed E-state index contributed by atoms with van der Waals surface area (Å²) in [4.78, 5) is 15.2. The molecule has 0 aliphatic carbocycles. The van der Waals surface area contributed by atoms with Crippen LogP contribution in [0.4, 0.5) is 13.2 Å². The predicted octanol–water partition coefficient (Wildman–Crippen LogP) is 2.68. The van der Waals surface area contributed by atoms with Crippen LogP contribution in [0.15, 0.2) is 18.2 Å². The molecule has 0 saturated carbocycles. The van der Waals surface area contributed by atoms with Gasteiger partial charge in [-0.05, 0) is 25.5 Å². The Morgan fingerprint density at radius 3 is 2.60 bits per heavy atom. The summed E-state index contributed by atoms with van der Waals surface area (Å²) < 4.78 is 40.6. The van der Waals surface area contributed by atoms with E-state index in [9.17, 15) is 18.0 Å². The number of hydroxylamine groups is 1. The van der Waals surface area contributed by atoms with E-state index in [1.54, 1.807) is 11.5 Å². The molecule has 4 nitrogen and oxygen atoms in total. The summed E-state index contributed by atoms with van der Waals surface area (Å²) in [6.45, 7) is 2.36. The third-order valence-corrected chi connectivity index (χ3v) is 2.34. The SMILES string of the molecule is Cc1ccc(OCCC(=O)NOCC(F)(F)F)c(C)c1. The summed E-state index contributed by atoms with van der Waals surface area (Å²) in [6, 6.07) is 5.58. The lowest BCUT2D eigenvalue weighted by atomic mass is 10.1. The minimum Gasteiger partial charge on any atom is -0.493 e. The van der Waals surface area contributed by atoms with Crippen LogP contribution in [0.5, 0.6) is 5.75 Å². The Bertz CT molecular complexity index is 461. The van der Waals surface area contributed by atoms with E-state index >= 15 is 0 Å². The van der Waals surface area contributed by atoms with Gasteiger partial charge in [0, 0.05) is 0 Å². The van der Waals surface area contributed by atoms with E-state index in [4.69, 9.17) is 4.74 Å². The number of carbonyl (C=O) groups excluding carboxylic acids is 1. The third kappa shape index (κ3) is 6.42. The summed E-state index contributed by atoms with van der Waals surface area (Å²) in [5.41, 5.74) is 3.73. The number of benzene rings is 1. The fourth-order valence-corrected chi connectivity index (χ4v) is 1.46. The highest BCUT2D eigenvalue weighted by Crippen LogP contribution is 2.18. The first-order valence-electron chi connectivity index (χ1n) is 5.95. The molecule has 0 spiro atoms. The first-order valence-corrected chi connectivity index (χ1v) is 5.95. The average molecular weight is 291 g/mol. The van der Waals surface area contributed by atoms with Gasteiger partial charge in [-0.15, -0.1) is 0 Å². The zero-order valence-corrected chi connectivity index (χ0v) is 11.2. The lowest BCUT2D eigenvalue weighted by Gasteiger charge is -2.10. The number of carbonyl (C=O) groups is 1. The second-order valence-corrected chi connectivity index (χ2v) is 4.30. The second-order valence-electron chi connectivity index (χ2n) is 4.30. The van der Waals surface area contributed by atoms with Crippen molar-refractivity contribution in [1.29, 1.82) is 0 Å². The smallest absolute Gasteiger partial charge is 0.414 e. The average Bonchev–Trinajstić information content (AvgIpc) is 2.30. The fraction of sp³-hybridized carbons (Fsp3) is 0.462. The first-order chi connectivity index (χ1) is 9.28. The maximum Gasteiger partial charge on any atom is 0.414 e. The van der Waals surface area contributed by atoms with E-state index in [1.807, 2.05) is 26.0 Å². The van der Waals surface area contributed by atoms with Crippen LogP contribution in [0.1, 0.15) is 17.5 Å². The number of ether oxygens (including phenoxy) is 1. The first kappa shape index (κ1) is 16.3. The standard InChI is InChI=1S/C13H16F3NO3/c1-9-3-4-11(10(2)7-9)19-6-5-12(18)17-20-8-13(14,15)16/h3-4,7H,5-6,8H2,1-2H3,(H,17,18). The normalized spacial score (nSPS) is 11.2. The molecular formula is C13H16F3NO3. The van der Waals surface area contributed by atoms with Gasteiger partial charge in [-0.25, -0.2) is 5.48 Å². The van der Waals surface area contributed by atoms with E-state index in [0.717, 1.165) is 11.1 Å². The van der Waals surface area contributed by atoms with Crippen molar-refractivity contribution in [3.8, 4) is 5.75 Å². The van der Waals surface area contributed by atoms with Crippen LogP contribution in [0.25, 0.3) is 0 Å². The molecule has 1 rings (SSSR count). The maximum absolute atomic E-state index is 11.8. The van der Waals surface area contributed by atoms with E-state index in [-0.39, 0.29) is 13.0 Å². The highest BCUT2D eigenvalue weighted by Gasteiger charge is 2.28. The van der Waals surface area contributed by atoms with Crippen molar-refractivity contribution in [2.24, 2.45) is 0 Å². The number of amides is 1. The molecule has 7 heteroatoms. The lowest BCUT2D eigenvalue weighted by Crippen LogP contribution is -2.30. The Morgan fingerprint density at radius 1 is 1.30 bits per heavy atom. The summed E-state index contributed by atoms with van der Waals surface area (Å²) in [7, 11) is 0. The summed E-state index contributed by atoms with van der Waals surface area (Å²) in [5, 5.41) is 0. The fourth-order valence-electron chi connectivity index (χ4n) is 1.46. The molecule has 0 fully saturated rings. The quantitative estimate of drug-likeness (QED) is 0.820. The van der Waals surface area contributed by atoms with Crippen LogP contribution in [0.3, 0.4) is 0 Å². The van der Waals surface area contributed by atoms with Gasteiger partial charge >= 0.3 is 6.18 Å². The van der Waals surface area contributed by atoms with E-state index in [1.165, 1.54) is 0 Å². The number of halogens is 3. The molecule has 0 bridgehead atoms. The van der Waals surface area contributed by atoms with Crippen LogP contribution in [0, 0.1) is 13.8 Å². The van der Waals surface area contributed by atoms with Gasteiger partial charge < -0.3 is 4.74 Å². The molecule has 20 heavy (non-hydrogen) atoms. The molecule has 1 aromatic carbocycles. The second kappa shape index (κ2) is 7.14. The number of alkyl halides is 3. The van der Waals surface area contributed by atoms with Crippen LogP contribution in [0.2, 0.25) is 0 Å². The van der Waals surface area contributed by atoms with Crippen LogP contribution in [-0.4, -0.2) is 25.3 Å². The predicted molar refractivity (Wildman–Crippen MR) is 66.2 cm³/mol. The van der Waals surface area contributed by atoms with Crippen molar-refractivity contribution < 1.29 is 27.5 Å². The van der Waals surface area contributed by atoms with Crippen molar-refractivity contribution >= 4 is 5.91 Å². The molecule has 0 radical (unpaired) electrons. The largest absolute Gasteiger partial charge is 0.493 e. The minimum absolute atomic E-state index is 0.0606. The molecule has 0 unspecified atom stereocenters. The molecule has 1 aromatic rings. The molecule has 1 N–H and O–H groups in total. The topological polar surface area (TPSA) is 47.6 Å². The highest BCUT2D eigenvalue weighted by atomic mass is 19.4. The zero-order chi connectivity index (χ0) is 15.2. The molecule has 0 atom stereocenters. The molecule has 0 saturated heterocycles. The van der Waals surface area contributed by atoms with Crippen LogP contribution < -0.4 is 10.2 Å². The van der Waals surface area contributed by atoms with E-state index < -0.39 is 18.7 Å².